The van der Waals surface area contributed by atoms with Gasteiger partial charge in [0.25, 0.3) is 0 Å². The number of aromatic amines is 1. The van der Waals surface area contributed by atoms with Crippen molar-refractivity contribution in [3.63, 3.8) is 0 Å². The van der Waals surface area contributed by atoms with Gasteiger partial charge in [-0.05, 0) is 55.5 Å². The minimum Gasteiger partial charge on any atom is -0.496 e. The van der Waals surface area contributed by atoms with Crippen molar-refractivity contribution in [3.8, 4) is 5.75 Å². The number of imidazole rings is 1. The third kappa shape index (κ3) is 5.57. The van der Waals surface area contributed by atoms with Gasteiger partial charge in [0.1, 0.15) is 11.3 Å². The van der Waals surface area contributed by atoms with E-state index in [-0.39, 0.29) is 0 Å². The molecule has 2 heterocycles. The lowest BCUT2D eigenvalue weighted by molar-refractivity contribution is 0.409. The number of rotatable bonds is 11. The van der Waals surface area contributed by atoms with E-state index in [1.165, 1.54) is 16.7 Å². The van der Waals surface area contributed by atoms with Crippen LogP contribution < -0.4 is 20.7 Å². The molecule has 0 spiro atoms. The van der Waals surface area contributed by atoms with Crippen molar-refractivity contribution >= 4 is 34.6 Å². The van der Waals surface area contributed by atoms with E-state index >= 15 is 0 Å². The average Bonchev–Trinajstić information content (AvgIpc) is 3.26. The molecule has 8 heteroatoms. The van der Waals surface area contributed by atoms with Gasteiger partial charge in [0.2, 0.25) is 11.9 Å². The summed E-state index contributed by atoms with van der Waals surface area (Å²) in [6.45, 7) is 7.84. The maximum Gasteiger partial charge on any atom is 0.226 e. The second-order valence-electron chi connectivity index (χ2n) is 8.27. The van der Waals surface area contributed by atoms with Gasteiger partial charge in [0, 0.05) is 18.8 Å². The van der Waals surface area contributed by atoms with Crippen LogP contribution in [-0.2, 0) is 12.8 Å². The normalized spacial score (nSPS) is 10.9. The summed E-state index contributed by atoms with van der Waals surface area (Å²) in [5.41, 5.74) is 5.99. The highest BCUT2D eigenvalue weighted by Gasteiger charge is 2.13. The first kappa shape index (κ1) is 23.4. The SMILES string of the molecule is CCCNc1nc(NCCc2ccc(CC)c(OC)c2)nc2nc(Nc3ccc(C)cc3)[nH]c12. The molecule has 0 unspecified atom stereocenters. The zero-order chi connectivity index (χ0) is 23.9. The van der Waals surface area contributed by atoms with Gasteiger partial charge in [-0.1, -0.05) is 43.7 Å². The number of methoxy groups -OCH3 is 1. The van der Waals surface area contributed by atoms with Crippen LogP contribution in [0.2, 0.25) is 0 Å². The molecule has 0 saturated carbocycles. The lowest BCUT2D eigenvalue weighted by Gasteiger charge is -2.11. The Labute approximate surface area is 200 Å². The van der Waals surface area contributed by atoms with E-state index in [1.54, 1.807) is 7.11 Å². The van der Waals surface area contributed by atoms with Gasteiger partial charge >= 0.3 is 0 Å². The van der Waals surface area contributed by atoms with Gasteiger partial charge in [-0.3, -0.25) is 0 Å². The Hall–Kier alpha value is -3.81. The summed E-state index contributed by atoms with van der Waals surface area (Å²) in [4.78, 5) is 17.3. The summed E-state index contributed by atoms with van der Waals surface area (Å²) in [6, 6.07) is 14.6. The molecule has 8 nitrogen and oxygen atoms in total. The molecule has 0 radical (unpaired) electrons. The summed E-state index contributed by atoms with van der Waals surface area (Å²) in [5.74, 6) is 2.87. The Morgan fingerprint density at radius 2 is 1.76 bits per heavy atom. The van der Waals surface area contributed by atoms with Gasteiger partial charge in [-0.15, -0.1) is 0 Å². The van der Waals surface area contributed by atoms with Crippen molar-refractivity contribution in [1.29, 1.82) is 0 Å². The maximum absolute atomic E-state index is 5.52. The quantitative estimate of drug-likeness (QED) is 0.237. The summed E-state index contributed by atoms with van der Waals surface area (Å²) in [7, 11) is 1.72. The van der Waals surface area contributed by atoms with Gasteiger partial charge < -0.3 is 25.7 Å². The first-order valence-corrected chi connectivity index (χ1v) is 11.8. The number of benzene rings is 2. The minimum absolute atomic E-state index is 0.552. The Balaban J connectivity index is 1.51. The molecule has 0 aliphatic carbocycles. The number of aryl methyl sites for hydroxylation is 2. The van der Waals surface area contributed by atoms with Crippen LogP contribution in [0, 0.1) is 6.92 Å². The Morgan fingerprint density at radius 3 is 2.50 bits per heavy atom. The number of ether oxygens (including phenoxy) is 1. The number of nitrogens with one attached hydrogen (secondary N) is 4. The fourth-order valence-electron chi connectivity index (χ4n) is 3.74. The molecule has 34 heavy (non-hydrogen) atoms. The third-order valence-electron chi connectivity index (χ3n) is 5.64. The highest BCUT2D eigenvalue weighted by Crippen LogP contribution is 2.24. The summed E-state index contributed by atoms with van der Waals surface area (Å²) in [5, 5.41) is 10.1. The number of hydrogen-bond acceptors (Lipinski definition) is 7. The van der Waals surface area contributed by atoms with Gasteiger partial charge in [0.05, 0.1) is 7.11 Å². The first-order chi connectivity index (χ1) is 16.6. The fraction of sp³-hybridized carbons (Fsp3) is 0.346. The number of aromatic nitrogens is 4. The topological polar surface area (TPSA) is 99.8 Å². The van der Waals surface area contributed by atoms with Crippen LogP contribution in [0.5, 0.6) is 5.75 Å². The summed E-state index contributed by atoms with van der Waals surface area (Å²) in [6.07, 6.45) is 2.78. The predicted octanol–water partition coefficient (Wildman–Crippen LogP) is 5.45. The molecule has 0 aliphatic rings. The smallest absolute Gasteiger partial charge is 0.226 e. The molecular formula is C26H33N7O. The Bertz CT molecular complexity index is 1230. The van der Waals surface area contributed by atoms with Crippen LogP contribution in [0.3, 0.4) is 0 Å². The van der Waals surface area contributed by atoms with Crippen LogP contribution in [0.1, 0.15) is 37.0 Å². The van der Waals surface area contributed by atoms with Gasteiger partial charge in [-0.2, -0.15) is 15.0 Å². The standard InChI is InChI=1S/C26H33N7O/c1-5-14-27-23-22-24(33-26(30-22)29-20-11-7-17(3)8-12-20)32-25(31-23)28-15-13-18-9-10-19(6-2)21(16-18)34-4/h7-12,16H,5-6,13-15H2,1-4H3,(H4,27,28,29,30,31,32,33). The van der Waals surface area contributed by atoms with Gasteiger partial charge in [-0.25, -0.2) is 0 Å². The molecule has 4 N–H and O–H groups in total. The zero-order valence-electron chi connectivity index (χ0n) is 20.3. The van der Waals surface area contributed by atoms with E-state index in [4.69, 9.17) is 9.72 Å². The first-order valence-electron chi connectivity index (χ1n) is 11.8. The highest BCUT2D eigenvalue weighted by atomic mass is 16.5. The molecule has 178 valence electrons. The van der Waals surface area contributed by atoms with Crippen LogP contribution in [0.4, 0.5) is 23.4 Å². The number of fused-ring (bicyclic) bond motifs is 1. The van der Waals surface area contributed by atoms with E-state index in [0.717, 1.165) is 48.6 Å². The van der Waals surface area contributed by atoms with Crippen LogP contribution >= 0.6 is 0 Å². The molecule has 2 aromatic carbocycles. The Kier molecular flexibility index (Phi) is 7.47. The molecule has 4 rings (SSSR count). The second-order valence-corrected chi connectivity index (χ2v) is 8.27. The van der Waals surface area contributed by atoms with Crippen molar-refractivity contribution in [3.05, 3.63) is 59.2 Å². The monoisotopic (exact) mass is 459 g/mol. The van der Waals surface area contributed by atoms with E-state index < -0.39 is 0 Å². The minimum atomic E-state index is 0.552. The van der Waals surface area contributed by atoms with Crippen molar-refractivity contribution in [2.24, 2.45) is 0 Å². The molecule has 0 bridgehead atoms. The van der Waals surface area contributed by atoms with Crippen molar-refractivity contribution < 1.29 is 4.74 Å². The molecule has 0 saturated heterocycles. The van der Waals surface area contributed by atoms with Crippen LogP contribution in [-0.4, -0.2) is 40.1 Å². The van der Waals surface area contributed by atoms with Crippen molar-refractivity contribution in [1.82, 2.24) is 19.9 Å². The molecule has 0 fully saturated rings. The van der Waals surface area contributed by atoms with Gasteiger partial charge in [0.15, 0.2) is 11.5 Å². The highest BCUT2D eigenvalue weighted by molar-refractivity contribution is 5.86. The van der Waals surface area contributed by atoms with E-state index in [9.17, 15) is 0 Å². The molecule has 2 aromatic heterocycles. The summed E-state index contributed by atoms with van der Waals surface area (Å²) >= 11 is 0. The predicted molar refractivity (Wildman–Crippen MR) is 139 cm³/mol. The zero-order valence-corrected chi connectivity index (χ0v) is 20.3. The van der Waals surface area contributed by atoms with Crippen molar-refractivity contribution in [2.75, 3.05) is 36.1 Å². The summed E-state index contributed by atoms with van der Waals surface area (Å²) < 4.78 is 5.52. The van der Waals surface area contributed by atoms with Crippen molar-refractivity contribution in [2.45, 2.75) is 40.0 Å². The fourth-order valence-corrected chi connectivity index (χ4v) is 3.74. The molecular weight excluding hydrogens is 426 g/mol. The van der Waals surface area contributed by atoms with E-state index in [2.05, 4.69) is 82.0 Å². The maximum atomic E-state index is 5.52. The average molecular weight is 460 g/mol. The molecule has 4 aromatic rings. The number of H-pyrrole nitrogens is 1. The van der Waals surface area contributed by atoms with E-state index in [1.807, 2.05) is 12.1 Å². The number of nitrogens with zero attached hydrogens (tertiary/aromatic N) is 3. The lowest BCUT2D eigenvalue weighted by atomic mass is 10.1. The molecule has 0 atom stereocenters. The molecule has 0 aliphatic heterocycles. The van der Waals surface area contributed by atoms with E-state index in [0.29, 0.717) is 24.1 Å². The second kappa shape index (κ2) is 10.9. The lowest BCUT2D eigenvalue weighted by Crippen LogP contribution is -2.11. The Morgan fingerprint density at radius 1 is 0.941 bits per heavy atom. The number of hydrogen-bond donors (Lipinski definition) is 4. The van der Waals surface area contributed by atoms with Crippen LogP contribution in [0.15, 0.2) is 42.5 Å². The van der Waals surface area contributed by atoms with Crippen LogP contribution in [0.25, 0.3) is 11.2 Å². The largest absolute Gasteiger partial charge is 0.496 e. The molecule has 0 amide bonds. The number of anilines is 4. The third-order valence-corrected chi connectivity index (χ3v) is 5.64.